The first-order valence-electron chi connectivity index (χ1n) is 13.1. The minimum Gasteiger partial charge on any atom is -0.495 e. The number of rotatable bonds is 7. The molecule has 3 N–H and O–H groups in total. The Bertz CT molecular complexity index is 1520. The van der Waals surface area contributed by atoms with Crippen molar-refractivity contribution in [2.24, 2.45) is 11.7 Å². The third kappa shape index (κ3) is 6.11. The topological polar surface area (TPSA) is 142 Å². The van der Waals surface area contributed by atoms with Crippen molar-refractivity contribution in [3.05, 3.63) is 52.6 Å². The average molecular weight is 575 g/mol. The van der Waals surface area contributed by atoms with Gasteiger partial charge < -0.3 is 30.0 Å². The Morgan fingerprint density at radius 3 is 2.68 bits per heavy atom. The monoisotopic (exact) mass is 574 g/mol. The summed E-state index contributed by atoms with van der Waals surface area (Å²) in [4.78, 5) is 46.1. The molecule has 41 heavy (non-hydrogen) atoms. The standard InChI is InChI=1S/C27H29F3N6O5/c1-40-18-10-21-20(32-11-18)7-9-24(38)36(21)13-19(31)15-2-5-17(6-3-15)35(26(39)27(28,29)30)12-16-4-8-22-25(33-16)34-23(37)14-41-22/h4,7-11,15,17,19H,2-3,5-6,12-14,31H2,1H3,(H,33,34,37)/t15-,17-,19?. The van der Waals surface area contributed by atoms with E-state index in [9.17, 15) is 27.6 Å². The van der Waals surface area contributed by atoms with Crippen LogP contribution in [-0.2, 0) is 22.7 Å². The molecule has 11 nitrogen and oxygen atoms in total. The summed E-state index contributed by atoms with van der Waals surface area (Å²) < 4.78 is 52.8. The Balaban J connectivity index is 1.30. The molecule has 2 amide bonds. The molecule has 1 saturated carbocycles. The Hall–Kier alpha value is -4.20. The Kier molecular flexibility index (Phi) is 7.84. The molecular formula is C27H29F3N6O5. The van der Waals surface area contributed by atoms with Gasteiger partial charge in [0.25, 0.3) is 11.5 Å². The quantitative estimate of drug-likeness (QED) is 0.439. The number of fused-ring (bicyclic) bond motifs is 2. The molecule has 218 valence electrons. The summed E-state index contributed by atoms with van der Waals surface area (Å²) in [6, 6.07) is 6.57. The molecule has 0 bridgehead atoms. The number of alkyl halides is 3. The number of hydrogen-bond acceptors (Lipinski definition) is 8. The van der Waals surface area contributed by atoms with Crippen LogP contribution in [0.25, 0.3) is 11.0 Å². The summed E-state index contributed by atoms with van der Waals surface area (Å²) in [5, 5.41) is 2.52. The minimum atomic E-state index is -5.07. The number of amides is 2. The Labute approximate surface area is 232 Å². The van der Waals surface area contributed by atoms with E-state index < -0.39 is 30.1 Å². The molecule has 0 aromatic carbocycles. The van der Waals surface area contributed by atoms with Crippen LogP contribution in [0.3, 0.4) is 0 Å². The summed E-state index contributed by atoms with van der Waals surface area (Å²) in [5.74, 6) is -1.57. The lowest BCUT2D eigenvalue weighted by Gasteiger charge is -2.38. The first-order chi connectivity index (χ1) is 19.5. The Morgan fingerprint density at radius 1 is 1.22 bits per heavy atom. The lowest BCUT2D eigenvalue weighted by Crippen LogP contribution is -2.49. The van der Waals surface area contributed by atoms with Gasteiger partial charge in [-0.15, -0.1) is 0 Å². The number of methoxy groups -OCH3 is 1. The number of carbonyl (C=O) groups excluding carboxylic acids is 2. The minimum absolute atomic E-state index is 0.0796. The third-order valence-corrected chi connectivity index (χ3v) is 7.60. The smallest absolute Gasteiger partial charge is 0.471 e. The van der Waals surface area contributed by atoms with Crippen molar-refractivity contribution in [3.8, 4) is 11.5 Å². The van der Waals surface area contributed by atoms with Gasteiger partial charge >= 0.3 is 12.1 Å². The highest BCUT2D eigenvalue weighted by Gasteiger charge is 2.45. The fourth-order valence-electron chi connectivity index (χ4n) is 5.45. The van der Waals surface area contributed by atoms with Gasteiger partial charge in [-0.3, -0.25) is 19.4 Å². The number of hydrogen-bond donors (Lipinski definition) is 2. The van der Waals surface area contributed by atoms with E-state index in [0.717, 1.165) is 4.90 Å². The highest BCUT2D eigenvalue weighted by atomic mass is 19.4. The van der Waals surface area contributed by atoms with Crippen LogP contribution in [0.4, 0.5) is 19.0 Å². The number of halogens is 3. The molecule has 0 saturated heterocycles. The Morgan fingerprint density at radius 2 is 1.98 bits per heavy atom. The van der Waals surface area contributed by atoms with Crippen molar-refractivity contribution >= 4 is 28.7 Å². The molecule has 0 spiro atoms. The van der Waals surface area contributed by atoms with Gasteiger partial charge in [0.05, 0.1) is 36.6 Å². The second kappa shape index (κ2) is 11.4. The summed E-state index contributed by atoms with van der Waals surface area (Å²) in [6.45, 7) is -0.375. The molecule has 3 aromatic rings. The van der Waals surface area contributed by atoms with Crippen LogP contribution in [-0.4, -0.2) is 63.2 Å². The van der Waals surface area contributed by atoms with Crippen LogP contribution in [0.5, 0.6) is 11.5 Å². The first-order valence-corrected chi connectivity index (χ1v) is 13.1. The van der Waals surface area contributed by atoms with Gasteiger partial charge in [0.15, 0.2) is 18.2 Å². The molecule has 1 aliphatic carbocycles. The van der Waals surface area contributed by atoms with Crippen LogP contribution in [0.15, 0.2) is 41.3 Å². The van der Waals surface area contributed by atoms with E-state index in [4.69, 9.17) is 15.2 Å². The van der Waals surface area contributed by atoms with Crippen LogP contribution in [0, 0.1) is 5.92 Å². The van der Waals surface area contributed by atoms with Gasteiger partial charge in [-0.1, -0.05) is 0 Å². The molecule has 5 rings (SSSR count). The zero-order chi connectivity index (χ0) is 29.3. The average Bonchev–Trinajstić information content (AvgIpc) is 2.96. The second-order valence-electron chi connectivity index (χ2n) is 10.2. The molecule has 1 aliphatic heterocycles. The number of nitrogens with two attached hydrogens (primary N) is 1. The lowest BCUT2D eigenvalue weighted by atomic mass is 9.81. The highest BCUT2D eigenvalue weighted by molar-refractivity contribution is 5.94. The second-order valence-corrected chi connectivity index (χ2v) is 10.2. The fourth-order valence-corrected chi connectivity index (χ4v) is 5.45. The van der Waals surface area contributed by atoms with Gasteiger partial charge in [0.1, 0.15) is 5.75 Å². The van der Waals surface area contributed by atoms with Gasteiger partial charge in [-0.2, -0.15) is 13.2 Å². The maximum absolute atomic E-state index is 13.6. The third-order valence-electron chi connectivity index (χ3n) is 7.60. The summed E-state index contributed by atoms with van der Waals surface area (Å²) in [5.41, 5.74) is 7.64. The highest BCUT2D eigenvalue weighted by Crippen LogP contribution is 2.34. The number of ether oxygens (including phenoxy) is 2. The van der Waals surface area contributed by atoms with Crippen molar-refractivity contribution in [2.45, 2.75) is 57.0 Å². The van der Waals surface area contributed by atoms with Crippen molar-refractivity contribution < 1.29 is 32.2 Å². The van der Waals surface area contributed by atoms with Crippen molar-refractivity contribution in [1.29, 1.82) is 0 Å². The van der Waals surface area contributed by atoms with E-state index in [1.807, 2.05) is 0 Å². The predicted octanol–water partition coefficient (Wildman–Crippen LogP) is 2.61. The van der Waals surface area contributed by atoms with Crippen LogP contribution in [0.1, 0.15) is 31.4 Å². The van der Waals surface area contributed by atoms with E-state index in [0.29, 0.717) is 48.2 Å². The van der Waals surface area contributed by atoms with E-state index in [1.165, 1.54) is 29.9 Å². The normalized spacial score (nSPS) is 19.6. The first kappa shape index (κ1) is 28.3. The van der Waals surface area contributed by atoms with Crippen molar-refractivity contribution in [2.75, 3.05) is 19.0 Å². The summed E-state index contributed by atoms with van der Waals surface area (Å²) >= 11 is 0. The number of anilines is 1. The largest absolute Gasteiger partial charge is 0.495 e. The number of pyridine rings is 3. The zero-order valence-electron chi connectivity index (χ0n) is 22.2. The maximum atomic E-state index is 13.6. The molecule has 3 aromatic heterocycles. The number of nitrogens with one attached hydrogen (secondary N) is 1. The number of nitrogens with zero attached hydrogens (tertiary/aromatic N) is 4. The van der Waals surface area contributed by atoms with Crippen molar-refractivity contribution in [3.63, 3.8) is 0 Å². The molecular weight excluding hydrogens is 545 g/mol. The lowest BCUT2D eigenvalue weighted by molar-refractivity contribution is -0.189. The number of aromatic nitrogens is 3. The maximum Gasteiger partial charge on any atom is 0.471 e. The van der Waals surface area contributed by atoms with Gasteiger partial charge in [-0.25, -0.2) is 4.98 Å². The van der Waals surface area contributed by atoms with Gasteiger partial charge in [-0.05, 0) is 49.8 Å². The van der Waals surface area contributed by atoms with Crippen LogP contribution < -0.4 is 26.1 Å². The molecule has 1 fully saturated rings. The van der Waals surface area contributed by atoms with E-state index in [1.54, 1.807) is 18.3 Å². The summed E-state index contributed by atoms with van der Waals surface area (Å²) in [7, 11) is 1.50. The molecule has 1 unspecified atom stereocenters. The summed E-state index contributed by atoms with van der Waals surface area (Å²) in [6.07, 6.45) is -1.99. The zero-order valence-corrected chi connectivity index (χ0v) is 22.2. The molecule has 0 radical (unpaired) electrons. The predicted molar refractivity (Wildman–Crippen MR) is 141 cm³/mol. The van der Waals surface area contributed by atoms with Crippen molar-refractivity contribution in [1.82, 2.24) is 19.4 Å². The molecule has 1 atom stereocenters. The fraction of sp³-hybridized carbons (Fsp3) is 0.444. The molecule has 2 aliphatic rings. The van der Waals surface area contributed by atoms with E-state index >= 15 is 0 Å². The van der Waals surface area contributed by atoms with E-state index in [-0.39, 0.29) is 42.7 Å². The van der Waals surface area contributed by atoms with Gasteiger partial charge in [0.2, 0.25) is 0 Å². The molecule has 14 heteroatoms. The SMILES string of the molecule is COc1cnc2ccc(=O)n(CC(N)[C@H]3CC[C@H](N(Cc4ccc5c(n4)NC(=O)CO5)C(=O)C(F)(F)F)CC3)c2c1. The van der Waals surface area contributed by atoms with Gasteiger partial charge in [0, 0.05) is 30.8 Å². The van der Waals surface area contributed by atoms with Crippen LogP contribution in [0.2, 0.25) is 0 Å². The number of carbonyl (C=O) groups is 2. The molecule has 4 heterocycles. The van der Waals surface area contributed by atoms with E-state index in [2.05, 4.69) is 15.3 Å². The van der Waals surface area contributed by atoms with Crippen LogP contribution >= 0.6 is 0 Å².